The van der Waals surface area contributed by atoms with Crippen molar-refractivity contribution in [3.63, 3.8) is 0 Å². The third-order valence-electron chi connectivity index (χ3n) is 6.50. The van der Waals surface area contributed by atoms with Crippen LogP contribution >= 0.6 is 11.3 Å². The SMILES string of the molecule is CCC(C)c1ccccc1OCCCOc1ccc(C=c2sc3nc4ccccc4n3c2=O)cc1OC. The van der Waals surface area contributed by atoms with Crippen LogP contribution < -0.4 is 24.3 Å². The maximum absolute atomic E-state index is 13.0. The highest BCUT2D eigenvalue weighted by atomic mass is 32.1. The van der Waals surface area contributed by atoms with Crippen LogP contribution in [0.4, 0.5) is 0 Å². The van der Waals surface area contributed by atoms with Crippen molar-refractivity contribution in [2.45, 2.75) is 32.6 Å². The molecule has 5 aromatic rings. The third kappa shape index (κ3) is 5.18. The molecule has 0 N–H and O–H groups in total. The first-order valence-electron chi connectivity index (χ1n) is 12.5. The standard InChI is InChI=1S/C30H30N2O4S/c1-4-20(2)22-10-5-8-13-25(22)35-16-9-17-36-26-15-14-21(18-27(26)34-3)19-28-29(33)32-24-12-7-6-11-23(24)31-30(32)37-28/h5-8,10-15,18-20H,4,9,16-17H2,1-3H3. The molecule has 0 amide bonds. The molecule has 1 unspecified atom stereocenters. The molecule has 3 aromatic carbocycles. The van der Waals surface area contributed by atoms with Crippen LogP contribution in [0.3, 0.4) is 0 Å². The minimum absolute atomic E-state index is 0.0668. The quantitative estimate of drug-likeness (QED) is 0.220. The van der Waals surface area contributed by atoms with E-state index in [1.165, 1.54) is 16.9 Å². The number of ether oxygens (including phenoxy) is 3. The zero-order valence-electron chi connectivity index (χ0n) is 21.3. The summed E-state index contributed by atoms with van der Waals surface area (Å²) in [4.78, 5) is 18.3. The smallest absolute Gasteiger partial charge is 0.274 e. The molecule has 7 heteroatoms. The van der Waals surface area contributed by atoms with Crippen molar-refractivity contribution in [3.8, 4) is 17.2 Å². The van der Waals surface area contributed by atoms with Crippen LogP contribution in [-0.2, 0) is 0 Å². The fourth-order valence-corrected chi connectivity index (χ4v) is 5.31. The minimum Gasteiger partial charge on any atom is -0.493 e. The number of aromatic nitrogens is 2. The molecule has 2 heterocycles. The molecule has 2 aromatic heterocycles. The van der Waals surface area contributed by atoms with Gasteiger partial charge < -0.3 is 14.2 Å². The van der Waals surface area contributed by atoms with Gasteiger partial charge in [-0.25, -0.2) is 9.38 Å². The predicted molar refractivity (Wildman–Crippen MR) is 149 cm³/mol. The first-order valence-corrected chi connectivity index (χ1v) is 13.3. The van der Waals surface area contributed by atoms with Crippen molar-refractivity contribution in [1.29, 1.82) is 0 Å². The van der Waals surface area contributed by atoms with Gasteiger partial charge in [-0.2, -0.15) is 0 Å². The molecule has 0 aliphatic carbocycles. The van der Waals surface area contributed by atoms with E-state index in [-0.39, 0.29) is 5.56 Å². The molecule has 0 fully saturated rings. The van der Waals surface area contributed by atoms with Gasteiger partial charge in [0.25, 0.3) is 5.56 Å². The predicted octanol–water partition coefficient (Wildman–Crippen LogP) is 5.83. The van der Waals surface area contributed by atoms with Crippen LogP contribution in [0.1, 0.15) is 43.7 Å². The van der Waals surface area contributed by atoms with Gasteiger partial charge in [0.05, 0.1) is 35.9 Å². The molecule has 0 bridgehead atoms. The largest absolute Gasteiger partial charge is 0.493 e. The van der Waals surface area contributed by atoms with E-state index in [1.807, 2.05) is 60.7 Å². The molecular weight excluding hydrogens is 484 g/mol. The zero-order chi connectivity index (χ0) is 25.8. The number of hydrogen-bond acceptors (Lipinski definition) is 6. The lowest BCUT2D eigenvalue weighted by Crippen LogP contribution is -2.22. The molecule has 5 rings (SSSR count). The van der Waals surface area contributed by atoms with Gasteiger partial charge in [-0.1, -0.05) is 61.6 Å². The molecule has 0 aliphatic heterocycles. The lowest BCUT2D eigenvalue weighted by atomic mass is 9.98. The maximum atomic E-state index is 13.0. The summed E-state index contributed by atoms with van der Waals surface area (Å²) in [7, 11) is 1.62. The van der Waals surface area contributed by atoms with Gasteiger partial charge in [0, 0.05) is 6.42 Å². The molecule has 37 heavy (non-hydrogen) atoms. The number of para-hydroxylation sites is 3. The summed E-state index contributed by atoms with van der Waals surface area (Å²) in [6.07, 6.45) is 3.68. The molecule has 190 valence electrons. The van der Waals surface area contributed by atoms with Crippen LogP contribution in [-0.4, -0.2) is 29.7 Å². The van der Waals surface area contributed by atoms with Gasteiger partial charge in [-0.3, -0.25) is 4.79 Å². The molecule has 0 radical (unpaired) electrons. The highest BCUT2D eigenvalue weighted by Crippen LogP contribution is 2.30. The van der Waals surface area contributed by atoms with Crippen LogP contribution in [0.5, 0.6) is 17.2 Å². The lowest BCUT2D eigenvalue weighted by Gasteiger charge is -2.16. The average Bonchev–Trinajstić information content (AvgIpc) is 3.44. The van der Waals surface area contributed by atoms with Crippen molar-refractivity contribution in [2.75, 3.05) is 20.3 Å². The van der Waals surface area contributed by atoms with E-state index in [1.54, 1.807) is 11.5 Å². The monoisotopic (exact) mass is 514 g/mol. The average molecular weight is 515 g/mol. The lowest BCUT2D eigenvalue weighted by molar-refractivity contribution is 0.239. The van der Waals surface area contributed by atoms with E-state index in [2.05, 4.69) is 31.0 Å². The van der Waals surface area contributed by atoms with Crippen LogP contribution in [0.15, 0.2) is 71.5 Å². The third-order valence-corrected chi connectivity index (χ3v) is 7.47. The van der Waals surface area contributed by atoms with Crippen molar-refractivity contribution < 1.29 is 14.2 Å². The molecular formula is C30H30N2O4S. The van der Waals surface area contributed by atoms with Gasteiger partial charge in [-0.05, 0) is 59.9 Å². The van der Waals surface area contributed by atoms with E-state index in [9.17, 15) is 4.79 Å². The Morgan fingerprint density at radius 1 is 0.973 bits per heavy atom. The minimum atomic E-state index is -0.0668. The number of fused-ring (bicyclic) bond motifs is 3. The number of benzene rings is 3. The number of rotatable bonds is 10. The topological polar surface area (TPSA) is 62.1 Å². The first kappa shape index (κ1) is 24.8. The number of hydrogen-bond donors (Lipinski definition) is 0. The Hall–Kier alpha value is -3.84. The van der Waals surface area contributed by atoms with E-state index in [0.717, 1.165) is 35.2 Å². The summed E-state index contributed by atoms with van der Waals surface area (Å²) < 4.78 is 19.9. The van der Waals surface area contributed by atoms with E-state index >= 15 is 0 Å². The zero-order valence-corrected chi connectivity index (χ0v) is 22.1. The fraction of sp³-hybridized carbons (Fsp3) is 0.267. The van der Waals surface area contributed by atoms with Gasteiger partial charge in [0.1, 0.15) is 5.75 Å². The Bertz CT molecular complexity index is 1640. The summed E-state index contributed by atoms with van der Waals surface area (Å²) in [6.45, 7) is 5.48. The highest BCUT2D eigenvalue weighted by molar-refractivity contribution is 7.15. The highest BCUT2D eigenvalue weighted by Gasteiger charge is 2.12. The van der Waals surface area contributed by atoms with Crippen LogP contribution in [0.25, 0.3) is 22.1 Å². The number of nitrogens with zero attached hydrogens (tertiary/aromatic N) is 2. The summed E-state index contributed by atoms with van der Waals surface area (Å²) >= 11 is 1.38. The summed E-state index contributed by atoms with van der Waals surface area (Å²) in [5, 5.41) is 0. The van der Waals surface area contributed by atoms with E-state index in [4.69, 9.17) is 14.2 Å². The normalized spacial score (nSPS) is 12.8. The van der Waals surface area contributed by atoms with Gasteiger partial charge in [0.2, 0.25) is 0 Å². The summed E-state index contributed by atoms with van der Waals surface area (Å²) in [5.74, 6) is 2.69. The number of thiazole rings is 1. The number of methoxy groups -OCH3 is 1. The molecule has 0 aliphatic rings. The molecule has 0 saturated heterocycles. The van der Waals surface area contributed by atoms with E-state index < -0.39 is 0 Å². The second-order valence-corrected chi connectivity index (χ2v) is 9.95. The Kier molecular flexibility index (Phi) is 7.42. The van der Waals surface area contributed by atoms with Crippen LogP contribution in [0.2, 0.25) is 0 Å². The molecule has 6 nitrogen and oxygen atoms in total. The Balaban J connectivity index is 1.25. The molecule has 1 atom stereocenters. The Labute approximate surface area is 219 Å². The van der Waals surface area contributed by atoms with Gasteiger partial charge >= 0.3 is 0 Å². The van der Waals surface area contributed by atoms with Gasteiger partial charge in [0.15, 0.2) is 16.5 Å². The second kappa shape index (κ2) is 11.0. The molecule has 0 saturated carbocycles. The maximum Gasteiger partial charge on any atom is 0.274 e. The van der Waals surface area contributed by atoms with Crippen LogP contribution in [0, 0.1) is 0 Å². The van der Waals surface area contributed by atoms with Crippen molar-refractivity contribution in [3.05, 3.63) is 92.7 Å². The first-order chi connectivity index (χ1) is 18.1. The van der Waals surface area contributed by atoms with Crippen molar-refractivity contribution in [2.24, 2.45) is 0 Å². The fourth-order valence-electron chi connectivity index (χ4n) is 4.32. The van der Waals surface area contributed by atoms with Gasteiger partial charge in [-0.15, -0.1) is 0 Å². The van der Waals surface area contributed by atoms with Crippen molar-refractivity contribution >= 4 is 33.4 Å². The number of imidazole rings is 1. The summed E-state index contributed by atoms with van der Waals surface area (Å²) in [6, 6.07) is 21.6. The summed E-state index contributed by atoms with van der Waals surface area (Å²) in [5.41, 5.74) is 3.69. The van der Waals surface area contributed by atoms with E-state index in [0.29, 0.717) is 40.1 Å². The Morgan fingerprint density at radius 2 is 1.73 bits per heavy atom. The Morgan fingerprint density at radius 3 is 2.54 bits per heavy atom. The molecule has 0 spiro atoms. The van der Waals surface area contributed by atoms with Crippen molar-refractivity contribution in [1.82, 2.24) is 9.38 Å². The second-order valence-electron chi connectivity index (χ2n) is 8.94.